The summed E-state index contributed by atoms with van der Waals surface area (Å²) >= 11 is 0. The van der Waals surface area contributed by atoms with E-state index in [0.29, 0.717) is 24.8 Å². The highest BCUT2D eigenvalue weighted by molar-refractivity contribution is 6.74. The maximum Gasteiger partial charge on any atom is 0.293 e. The minimum atomic E-state index is -1.76. The van der Waals surface area contributed by atoms with Crippen molar-refractivity contribution in [2.45, 2.75) is 58.3 Å². The molecule has 8 nitrogen and oxygen atoms in total. The highest BCUT2D eigenvalue weighted by Crippen LogP contribution is 2.38. The van der Waals surface area contributed by atoms with E-state index in [9.17, 15) is 10.1 Å². The lowest BCUT2D eigenvalue weighted by Gasteiger charge is -2.39. The molecule has 3 rings (SSSR count). The molecule has 0 aliphatic carbocycles. The third-order valence-electron chi connectivity index (χ3n) is 6.88. The number of nitro benzene ring substituents is 1. The SMILES string of the molecule is COCCn1ncc2cc([N+](=O)[O-])c(N3CCC(CO[Si](C)(C)C(C)(C)C)CC3)cc21. The van der Waals surface area contributed by atoms with Crippen LogP contribution in [-0.2, 0) is 15.7 Å². The summed E-state index contributed by atoms with van der Waals surface area (Å²) in [6.45, 7) is 14.9. The van der Waals surface area contributed by atoms with Gasteiger partial charge in [-0.3, -0.25) is 14.8 Å². The minimum Gasteiger partial charge on any atom is -0.417 e. The summed E-state index contributed by atoms with van der Waals surface area (Å²) < 4.78 is 13.4. The van der Waals surface area contributed by atoms with Gasteiger partial charge in [-0.15, -0.1) is 0 Å². The molecule has 0 bridgehead atoms. The molecule has 9 heteroatoms. The number of benzene rings is 1. The molecule has 1 aliphatic rings. The third-order valence-corrected chi connectivity index (χ3v) is 11.4. The topological polar surface area (TPSA) is 82.7 Å². The summed E-state index contributed by atoms with van der Waals surface area (Å²) in [6.07, 6.45) is 3.64. The molecule has 1 saturated heterocycles. The lowest BCUT2D eigenvalue weighted by molar-refractivity contribution is -0.384. The van der Waals surface area contributed by atoms with Crippen molar-refractivity contribution < 1.29 is 14.1 Å². The van der Waals surface area contributed by atoms with E-state index in [2.05, 4.69) is 43.9 Å². The molecule has 1 aromatic carbocycles. The van der Waals surface area contributed by atoms with Crippen molar-refractivity contribution in [3.8, 4) is 0 Å². The highest BCUT2D eigenvalue weighted by atomic mass is 28.4. The molecule has 172 valence electrons. The second-order valence-electron chi connectivity index (χ2n) is 10.0. The smallest absolute Gasteiger partial charge is 0.293 e. The van der Waals surface area contributed by atoms with Gasteiger partial charge in [0.2, 0.25) is 0 Å². The van der Waals surface area contributed by atoms with Gasteiger partial charge in [0, 0.05) is 38.3 Å². The van der Waals surface area contributed by atoms with E-state index in [1.807, 2.05) is 10.7 Å². The van der Waals surface area contributed by atoms with Crippen molar-refractivity contribution in [3.05, 3.63) is 28.4 Å². The molecule has 0 spiro atoms. The Balaban J connectivity index is 1.73. The summed E-state index contributed by atoms with van der Waals surface area (Å²) in [4.78, 5) is 13.6. The van der Waals surface area contributed by atoms with Crippen molar-refractivity contribution >= 4 is 30.6 Å². The first kappa shape index (κ1) is 23.7. The number of nitro groups is 1. The first-order valence-electron chi connectivity index (χ1n) is 11.1. The Kier molecular flexibility index (Phi) is 7.07. The van der Waals surface area contributed by atoms with E-state index in [1.54, 1.807) is 19.4 Å². The van der Waals surface area contributed by atoms with Gasteiger partial charge in [-0.1, -0.05) is 20.8 Å². The van der Waals surface area contributed by atoms with Crippen molar-refractivity contribution in [1.82, 2.24) is 9.78 Å². The highest BCUT2D eigenvalue weighted by Gasteiger charge is 2.38. The number of hydrogen-bond acceptors (Lipinski definition) is 6. The molecule has 0 atom stereocenters. The Morgan fingerprint density at radius 3 is 2.52 bits per heavy atom. The second kappa shape index (κ2) is 9.26. The average Bonchev–Trinajstić information content (AvgIpc) is 3.11. The van der Waals surface area contributed by atoms with Gasteiger partial charge in [0.25, 0.3) is 5.69 Å². The molecule has 31 heavy (non-hydrogen) atoms. The van der Waals surface area contributed by atoms with E-state index >= 15 is 0 Å². The molecule has 2 aromatic rings. The van der Waals surface area contributed by atoms with E-state index in [0.717, 1.165) is 43.4 Å². The Morgan fingerprint density at radius 1 is 1.26 bits per heavy atom. The first-order valence-corrected chi connectivity index (χ1v) is 14.0. The molecule has 1 aliphatic heterocycles. The molecule has 1 aromatic heterocycles. The zero-order chi connectivity index (χ0) is 22.8. The standard InChI is InChI=1S/C22H36N4O4Si/c1-22(2,3)31(5,6)30-16-17-7-9-24(10-8-17)20-14-19-18(13-21(20)26(27)28)15-23-25(19)11-12-29-4/h13-15,17H,7-12,16H2,1-6H3. The molecule has 0 radical (unpaired) electrons. The van der Waals surface area contributed by atoms with Crippen molar-refractivity contribution in [3.63, 3.8) is 0 Å². The van der Waals surface area contributed by atoms with Gasteiger partial charge >= 0.3 is 0 Å². The number of methoxy groups -OCH3 is 1. The van der Waals surface area contributed by atoms with Crippen molar-refractivity contribution in [2.75, 3.05) is 38.3 Å². The van der Waals surface area contributed by atoms with Gasteiger partial charge in [0.15, 0.2) is 8.32 Å². The van der Waals surface area contributed by atoms with Crippen LogP contribution in [-0.4, -0.2) is 56.4 Å². The van der Waals surface area contributed by atoms with Gasteiger partial charge in [-0.05, 0) is 43.0 Å². The van der Waals surface area contributed by atoms with E-state index < -0.39 is 8.32 Å². The Labute approximate surface area is 185 Å². The Morgan fingerprint density at radius 2 is 1.94 bits per heavy atom. The van der Waals surface area contributed by atoms with Crippen LogP contribution in [0, 0.1) is 16.0 Å². The van der Waals surface area contributed by atoms with Crippen LogP contribution in [0.25, 0.3) is 10.9 Å². The number of anilines is 1. The fourth-order valence-corrected chi connectivity index (χ4v) is 4.83. The van der Waals surface area contributed by atoms with Gasteiger partial charge in [0.05, 0.1) is 29.8 Å². The molecule has 1 fully saturated rings. The number of hydrogen-bond donors (Lipinski definition) is 0. The van der Waals surface area contributed by atoms with Gasteiger partial charge < -0.3 is 14.1 Å². The quantitative estimate of drug-likeness (QED) is 0.327. The van der Waals surface area contributed by atoms with Crippen LogP contribution in [0.5, 0.6) is 0 Å². The number of nitrogens with zero attached hydrogens (tertiary/aromatic N) is 4. The number of ether oxygens (including phenoxy) is 1. The molecular weight excluding hydrogens is 412 g/mol. The molecule has 0 saturated carbocycles. The van der Waals surface area contributed by atoms with Crippen molar-refractivity contribution in [1.29, 1.82) is 0 Å². The lowest BCUT2D eigenvalue weighted by atomic mass is 9.97. The Bertz CT molecular complexity index is 914. The zero-order valence-corrected chi connectivity index (χ0v) is 20.7. The van der Waals surface area contributed by atoms with E-state index in [1.165, 1.54) is 0 Å². The number of fused-ring (bicyclic) bond motifs is 1. The van der Waals surface area contributed by atoms with Crippen LogP contribution in [0.2, 0.25) is 18.1 Å². The maximum absolute atomic E-state index is 11.8. The van der Waals surface area contributed by atoms with Crippen LogP contribution in [0.3, 0.4) is 0 Å². The van der Waals surface area contributed by atoms with Gasteiger partial charge in [-0.25, -0.2) is 0 Å². The predicted molar refractivity (Wildman–Crippen MR) is 126 cm³/mol. The first-order chi connectivity index (χ1) is 14.5. The summed E-state index contributed by atoms with van der Waals surface area (Å²) in [6, 6.07) is 3.57. The molecule has 0 N–H and O–H groups in total. The molecule has 2 heterocycles. The average molecular weight is 449 g/mol. The third kappa shape index (κ3) is 5.27. The van der Waals surface area contributed by atoms with Crippen LogP contribution in [0.15, 0.2) is 18.3 Å². The fourth-order valence-electron chi connectivity index (χ4n) is 3.74. The molecular formula is C22H36N4O4Si. The predicted octanol–water partition coefficient (Wildman–Crippen LogP) is 4.83. The normalized spacial score (nSPS) is 16.3. The number of piperidine rings is 1. The number of aromatic nitrogens is 2. The van der Waals surface area contributed by atoms with Gasteiger partial charge in [0.1, 0.15) is 5.69 Å². The summed E-state index contributed by atoms with van der Waals surface area (Å²) in [7, 11) is -0.103. The second-order valence-corrected chi connectivity index (χ2v) is 14.8. The largest absolute Gasteiger partial charge is 0.417 e. The molecule has 0 amide bonds. The van der Waals surface area contributed by atoms with E-state index in [4.69, 9.17) is 9.16 Å². The summed E-state index contributed by atoms with van der Waals surface area (Å²) in [5.41, 5.74) is 1.73. The van der Waals surface area contributed by atoms with Crippen molar-refractivity contribution in [2.24, 2.45) is 5.92 Å². The summed E-state index contributed by atoms with van der Waals surface area (Å²) in [5.74, 6) is 0.500. The van der Waals surface area contributed by atoms with Crippen LogP contribution < -0.4 is 4.90 Å². The monoisotopic (exact) mass is 448 g/mol. The fraction of sp³-hybridized carbons (Fsp3) is 0.682. The minimum absolute atomic E-state index is 0.148. The van der Waals surface area contributed by atoms with E-state index in [-0.39, 0.29) is 15.6 Å². The van der Waals surface area contributed by atoms with Crippen LogP contribution in [0.1, 0.15) is 33.6 Å². The number of rotatable bonds is 8. The summed E-state index contributed by atoms with van der Waals surface area (Å²) in [5, 5.41) is 17.1. The van der Waals surface area contributed by atoms with Crippen LogP contribution >= 0.6 is 0 Å². The van der Waals surface area contributed by atoms with Crippen LogP contribution in [0.4, 0.5) is 11.4 Å². The lowest BCUT2D eigenvalue weighted by Crippen LogP contribution is -2.43. The van der Waals surface area contributed by atoms with Gasteiger partial charge in [-0.2, -0.15) is 5.10 Å². The molecule has 0 unspecified atom stereocenters. The Hall–Kier alpha value is -1.97. The maximum atomic E-state index is 11.8. The zero-order valence-electron chi connectivity index (χ0n) is 19.7.